The van der Waals surface area contributed by atoms with E-state index in [4.69, 9.17) is 16.3 Å². The number of ether oxygens (including phenoxy) is 2. The summed E-state index contributed by atoms with van der Waals surface area (Å²) in [5, 5.41) is 9.18. The normalized spacial score (nSPS) is 14.6. The van der Waals surface area contributed by atoms with E-state index in [0.717, 1.165) is 0 Å². The van der Waals surface area contributed by atoms with E-state index in [0.29, 0.717) is 6.92 Å². The predicted molar refractivity (Wildman–Crippen MR) is 65.0 cm³/mol. The number of aliphatic hydroxyl groups is 1. The Balaban J connectivity index is 2.81. The van der Waals surface area contributed by atoms with Gasteiger partial charge in [-0.1, -0.05) is 11.6 Å². The minimum atomic E-state index is -4.82. The molecule has 0 heterocycles. The van der Waals surface area contributed by atoms with Crippen LogP contribution in [0.15, 0.2) is 18.2 Å². The molecule has 0 spiro atoms. The van der Waals surface area contributed by atoms with Crippen LogP contribution in [0.5, 0.6) is 5.75 Å². The van der Waals surface area contributed by atoms with Crippen LogP contribution in [-0.2, 0) is 4.74 Å². The molecule has 0 saturated carbocycles. The van der Waals surface area contributed by atoms with E-state index < -0.39 is 24.4 Å². The maximum absolute atomic E-state index is 12.4. The Kier molecular flexibility index (Phi) is 4.88. The number of carbonyl (C=O) groups excluding carboxylic acids is 1. The maximum atomic E-state index is 12.4. The number of benzene rings is 1. The first-order valence-corrected chi connectivity index (χ1v) is 5.76. The molecular weight excluding hydrogens is 301 g/mol. The Morgan fingerprint density at radius 3 is 2.45 bits per heavy atom. The largest absolute Gasteiger partial charge is 0.490 e. The predicted octanol–water partition coefficient (Wildman–Crippen LogP) is 2.82. The molecule has 0 fully saturated rings. The molecule has 0 bridgehead atoms. The lowest BCUT2D eigenvalue weighted by molar-refractivity contribution is -0.260. The van der Waals surface area contributed by atoms with Crippen molar-refractivity contribution in [1.82, 2.24) is 0 Å². The van der Waals surface area contributed by atoms with Crippen LogP contribution in [0, 0.1) is 0 Å². The van der Waals surface area contributed by atoms with E-state index in [1.165, 1.54) is 25.3 Å². The van der Waals surface area contributed by atoms with Crippen LogP contribution in [0.4, 0.5) is 13.2 Å². The van der Waals surface area contributed by atoms with Gasteiger partial charge in [-0.15, -0.1) is 0 Å². The van der Waals surface area contributed by atoms with Crippen molar-refractivity contribution in [3.05, 3.63) is 28.8 Å². The van der Waals surface area contributed by atoms with Crippen LogP contribution < -0.4 is 4.74 Å². The summed E-state index contributed by atoms with van der Waals surface area (Å²) in [6.45, 7) is -0.401. The average Bonchev–Trinajstić information content (AvgIpc) is 2.34. The van der Waals surface area contributed by atoms with Crippen molar-refractivity contribution in [2.24, 2.45) is 0 Å². The minimum Gasteiger partial charge on any atom is -0.490 e. The molecule has 0 aliphatic heterocycles. The van der Waals surface area contributed by atoms with Gasteiger partial charge in [-0.05, 0) is 25.1 Å². The summed E-state index contributed by atoms with van der Waals surface area (Å²) in [7, 11) is 1.17. The third-order valence-corrected chi connectivity index (χ3v) is 2.79. The fraction of sp³-hybridized carbons (Fsp3) is 0.417. The summed E-state index contributed by atoms with van der Waals surface area (Å²) in [5.74, 6) is -0.684. The van der Waals surface area contributed by atoms with Gasteiger partial charge < -0.3 is 14.6 Å². The lowest BCUT2D eigenvalue weighted by atomic mass is 10.1. The topological polar surface area (TPSA) is 55.8 Å². The van der Waals surface area contributed by atoms with Crippen molar-refractivity contribution in [3.8, 4) is 5.75 Å². The zero-order chi connectivity index (χ0) is 15.6. The molecular formula is C12H12ClF3O4. The summed E-state index contributed by atoms with van der Waals surface area (Å²) in [4.78, 5) is 11.3. The first-order valence-electron chi connectivity index (χ1n) is 5.38. The van der Waals surface area contributed by atoms with E-state index in [2.05, 4.69) is 4.74 Å². The van der Waals surface area contributed by atoms with Crippen LogP contribution >= 0.6 is 11.6 Å². The van der Waals surface area contributed by atoms with Gasteiger partial charge in [0.1, 0.15) is 12.4 Å². The lowest BCUT2D eigenvalue weighted by Crippen LogP contribution is -2.47. The van der Waals surface area contributed by atoms with Gasteiger partial charge in [0.25, 0.3) is 0 Å². The fourth-order valence-electron chi connectivity index (χ4n) is 1.17. The van der Waals surface area contributed by atoms with Crippen LogP contribution in [-0.4, -0.2) is 36.6 Å². The van der Waals surface area contributed by atoms with Crippen molar-refractivity contribution < 1.29 is 32.5 Å². The SMILES string of the molecule is COC(=O)c1ccc(OCC(C)(O)C(F)(F)F)cc1Cl. The van der Waals surface area contributed by atoms with Crippen molar-refractivity contribution >= 4 is 17.6 Å². The Labute approximate surface area is 118 Å². The lowest BCUT2D eigenvalue weighted by Gasteiger charge is -2.26. The molecule has 0 aliphatic carbocycles. The quantitative estimate of drug-likeness (QED) is 0.869. The first-order chi connectivity index (χ1) is 9.08. The Bertz CT molecular complexity index is 500. The molecule has 8 heteroatoms. The zero-order valence-electron chi connectivity index (χ0n) is 10.6. The monoisotopic (exact) mass is 312 g/mol. The molecule has 1 atom stereocenters. The number of hydrogen-bond donors (Lipinski definition) is 1. The highest BCUT2D eigenvalue weighted by Crippen LogP contribution is 2.31. The molecule has 1 aromatic carbocycles. The van der Waals surface area contributed by atoms with E-state index in [1.807, 2.05) is 0 Å². The Morgan fingerprint density at radius 2 is 2.00 bits per heavy atom. The second kappa shape index (κ2) is 5.88. The van der Waals surface area contributed by atoms with Crippen molar-refractivity contribution in [3.63, 3.8) is 0 Å². The third kappa shape index (κ3) is 3.77. The number of methoxy groups -OCH3 is 1. The van der Waals surface area contributed by atoms with Gasteiger partial charge in [-0.25, -0.2) is 4.79 Å². The van der Waals surface area contributed by atoms with E-state index in [-0.39, 0.29) is 16.3 Å². The standard InChI is InChI=1S/C12H12ClF3O4/c1-11(18,12(14,15)16)6-20-7-3-4-8(9(13)5-7)10(17)19-2/h3-5,18H,6H2,1-2H3. The summed E-state index contributed by atoms with van der Waals surface area (Å²) in [5.41, 5.74) is -2.93. The number of halogens is 4. The number of hydrogen-bond acceptors (Lipinski definition) is 4. The van der Waals surface area contributed by atoms with Crippen molar-refractivity contribution in [2.45, 2.75) is 18.7 Å². The molecule has 1 rings (SSSR count). The van der Waals surface area contributed by atoms with Gasteiger partial charge in [0.2, 0.25) is 0 Å². The van der Waals surface area contributed by atoms with Crippen molar-refractivity contribution in [1.29, 1.82) is 0 Å². The van der Waals surface area contributed by atoms with Gasteiger partial charge in [-0.3, -0.25) is 0 Å². The second-order valence-corrected chi connectivity index (χ2v) is 4.60. The number of carbonyl (C=O) groups is 1. The van der Waals surface area contributed by atoms with Gasteiger partial charge in [0, 0.05) is 0 Å². The maximum Gasteiger partial charge on any atom is 0.420 e. The van der Waals surface area contributed by atoms with Crippen LogP contribution in [0.2, 0.25) is 5.02 Å². The Morgan fingerprint density at radius 1 is 1.40 bits per heavy atom. The molecule has 1 unspecified atom stereocenters. The van der Waals surface area contributed by atoms with Crippen LogP contribution in [0.3, 0.4) is 0 Å². The van der Waals surface area contributed by atoms with Gasteiger partial charge in [-0.2, -0.15) is 13.2 Å². The summed E-state index contributed by atoms with van der Waals surface area (Å²) in [6, 6.07) is 3.68. The summed E-state index contributed by atoms with van der Waals surface area (Å²) in [6.07, 6.45) is -4.82. The molecule has 20 heavy (non-hydrogen) atoms. The van der Waals surface area contributed by atoms with Gasteiger partial charge >= 0.3 is 12.1 Å². The molecule has 0 saturated heterocycles. The molecule has 0 aliphatic rings. The third-order valence-electron chi connectivity index (χ3n) is 2.48. The Hall–Kier alpha value is -1.47. The molecule has 1 aromatic rings. The summed E-state index contributed by atoms with van der Waals surface area (Å²) < 4.78 is 46.5. The highest BCUT2D eigenvalue weighted by atomic mass is 35.5. The molecule has 112 valence electrons. The molecule has 0 aromatic heterocycles. The molecule has 0 amide bonds. The average molecular weight is 313 g/mol. The summed E-state index contributed by atoms with van der Waals surface area (Å²) >= 11 is 5.78. The van der Waals surface area contributed by atoms with Crippen LogP contribution in [0.25, 0.3) is 0 Å². The fourth-order valence-corrected chi connectivity index (χ4v) is 1.41. The minimum absolute atomic E-state index is 0.00724. The highest BCUT2D eigenvalue weighted by molar-refractivity contribution is 6.33. The van der Waals surface area contributed by atoms with E-state index in [1.54, 1.807) is 0 Å². The smallest absolute Gasteiger partial charge is 0.420 e. The van der Waals surface area contributed by atoms with Crippen LogP contribution in [0.1, 0.15) is 17.3 Å². The zero-order valence-corrected chi connectivity index (χ0v) is 11.4. The molecule has 4 nitrogen and oxygen atoms in total. The second-order valence-electron chi connectivity index (χ2n) is 4.19. The van der Waals surface area contributed by atoms with Gasteiger partial charge in [0.05, 0.1) is 17.7 Å². The first kappa shape index (κ1) is 16.6. The molecule has 0 radical (unpaired) electrons. The highest BCUT2D eigenvalue weighted by Gasteiger charge is 2.50. The van der Waals surface area contributed by atoms with Gasteiger partial charge in [0.15, 0.2) is 5.60 Å². The van der Waals surface area contributed by atoms with E-state index >= 15 is 0 Å². The van der Waals surface area contributed by atoms with E-state index in [9.17, 15) is 23.1 Å². The number of rotatable bonds is 4. The van der Waals surface area contributed by atoms with Crippen molar-refractivity contribution in [2.75, 3.05) is 13.7 Å². The molecule has 1 N–H and O–H groups in total. The number of alkyl halides is 3. The number of esters is 1.